The molecular weight excluding hydrogens is 262 g/mol. The molecule has 100 valence electrons. The number of nitro benzene ring substituents is 1. The normalized spacial score (nSPS) is 9.60. The number of nitriles is 1. The molecule has 0 atom stereocenters. The molecule has 1 aromatic heterocycles. The number of benzene rings is 1. The van der Waals surface area contributed by atoms with E-state index in [0.717, 1.165) is 6.07 Å². The van der Waals surface area contributed by atoms with Crippen LogP contribution in [0.4, 0.5) is 11.5 Å². The van der Waals surface area contributed by atoms with Gasteiger partial charge in [0.15, 0.2) is 0 Å². The number of aromatic nitrogens is 1. The highest BCUT2D eigenvalue weighted by Crippen LogP contribution is 2.31. The Morgan fingerprint density at radius 1 is 1.40 bits per heavy atom. The van der Waals surface area contributed by atoms with Gasteiger partial charge in [0, 0.05) is 12.1 Å². The average molecular weight is 271 g/mol. The number of nitro groups is 1. The number of hydrogen-bond acceptors (Lipinski definition) is 7. The Morgan fingerprint density at radius 2 is 2.20 bits per heavy atom. The summed E-state index contributed by atoms with van der Waals surface area (Å²) in [5, 5.41) is 19.7. The fraction of sp³-hybridized carbons (Fsp3) is 0. The second-order valence-electron chi connectivity index (χ2n) is 3.66. The van der Waals surface area contributed by atoms with E-state index in [2.05, 4.69) is 10.4 Å². The minimum absolute atomic E-state index is 0.00401. The second kappa shape index (κ2) is 5.64. The Bertz CT molecular complexity index is 696. The van der Waals surface area contributed by atoms with Gasteiger partial charge in [-0.2, -0.15) is 10.2 Å². The molecule has 20 heavy (non-hydrogen) atoms. The molecule has 8 nitrogen and oxygen atoms in total. The maximum absolute atomic E-state index is 11.0. The third-order valence-electron chi connectivity index (χ3n) is 2.37. The van der Waals surface area contributed by atoms with E-state index in [1.165, 1.54) is 18.2 Å². The van der Waals surface area contributed by atoms with Crippen molar-refractivity contribution in [2.24, 2.45) is 5.84 Å². The summed E-state index contributed by atoms with van der Waals surface area (Å²) < 4.78 is 5.36. The first-order valence-corrected chi connectivity index (χ1v) is 5.44. The molecule has 0 bridgehead atoms. The van der Waals surface area contributed by atoms with E-state index in [-0.39, 0.29) is 22.9 Å². The van der Waals surface area contributed by atoms with Crippen LogP contribution in [0.2, 0.25) is 0 Å². The van der Waals surface area contributed by atoms with Gasteiger partial charge >= 0.3 is 5.69 Å². The van der Waals surface area contributed by atoms with Crippen LogP contribution in [-0.4, -0.2) is 9.91 Å². The van der Waals surface area contributed by atoms with E-state index in [9.17, 15) is 10.1 Å². The predicted molar refractivity (Wildman–Crippen MR) is 69.9 cm³/mol. The number of rotatable bonds is 4. The molecule has 0 fully saturated rings. The quantitative estimate of drug-likeness (QED) is 0.494. The summed E-state index contributed by atoms with van der Waals surface area (Å²) in [4.78, 5) is 14.3. The van der Waals surface area contributed by atoms with Crippen molar-refractivity contribution in [2.45, 2.75) is 0 Å². The van der Waals surface area contributed by atoms with Crippen molar-refractivity contribution in [3.8, 4) is 17.7 Å². The minimum atomic E-state index is -0.624. The molecule has 0 radical (unpaired) electrons. The summed E-state index contributed by atoms with van der Waals surface area (Å²) >= 11 is 0. The van der Waals surface area contributed by atoms with Crippen molar-refractivity contribution in [3.05, 3.63) is 52.1 Å². The molecule has 2 rings (SSSR count). The summed E-state index contributed by atoms with van der Waals surface area (Å²) in [6.07, 6.45) is 0. The molecule has 0 saturated heterocycles. The van der Waals surface area contributed by atoms with E-state index >= 15 is 0 Å². The zero-order chi connectivity index (χ0) is 14.5. The van der Waals surface area contributed by atoms with Gasteiger partial charge in [-0.05, 0) is 18.2 Å². The van der Waals surface area contributed by atoms with E-state index in [1.54, 1.807) is 12.1 Å². The molecule has 2 aromatic rings. The number of anilines is 1. The minimum Gasteiger partial charge on any atom is -0.432 e. The third kappa shape index (κ3) is 2.80. The van der Waals surface area contributed by atoms with Crippen LogP contribution < -0.4 is 16.0 Å². The smallest absolute Gasteiger partial charge is 0.312 e. The summed E-state index contributed by atoms with van der Waals surface area (Å²) in [5.41, 5.74) is 2.21. The first kappa shape index (κ1) is 13.3. The Morgan fingerprint density at radius 3 is 2.85 bits per heavy atom. The fourth-order valence-electron chi connectivity index (χ4n) is 1.48. The van der Waals surface area contributed by atoms with Gasteiger partial charge in [0.25, 0.3) is 0 Å². The van der Waals surface area contributed by atoms with Gasteiger partial charge in [0.2, 0.25) is 11.6 Å². The molecule has 8 heteroatoms. The lowest BCUT2D eigenvalue weighted by Crippen LogP contribution is -2.08. The van der Waals surface area contributed by atoms with Crippen LogP contribution in [0.25, 0.3) is 0 Å². The Kier molecular flexibility index (Phi) is 3.74. The number of ether oxygens (including phenoxy) is 1. The molecule has 0 amide bonds. The van der Waals surface area contributed by atoms with Crippen LogP contribution in [0.1, 0.15) is 5.56 Å². The van der Waals surface area contributed by atoms with Crippen LogP contribution >= 0.6 is 0 Å². The highest BCUT2D eigenvalue weighted by atomic mass is 16.6. The number of nitrogen functional groups attached to an aromatic ring is 1. The Balaban J connectivity index is 2.37. The van der Waals surface area contributed by atoms with E-state index in [1.807, 2.05) is 6.07 Å². The van der Waals surface area contributed by atoms with E-state index in [0.29, 0.717) is 5.82 Å². The molecular formula is C12H9N5O3. The van der Waals surface area contributed by atoms with Crippen molar-refractivity contribution in [1.29, 1.82) is 5.26 Å². The van der Waals surface area contributed by atoms with Crippen molar-refractivity contribution in [2.75, 3.05) is 5.43 Å². The molecule has 0 aliphatic heterocycles. The van der Waals surface area contributed by atoms with Crippen LogP contribution in [-0.2, 0) is 0 Å². The molecule has 1 aromatic carbocycles. The van der Waals surface area contributed by atoms with Crippen LogP contribution in [0, 0.1) is 21.4 Å². The van der Waals surface area contributed by atoms with Crippen LogP contribution in [0.15, 0.2) is 36.4 Å². The van der Waals surface area contributed by atoms with Gasteiger partial charge in [0.1, 0.15) is 5.82 Å². The zero-order valence-corrected chi connectivity index (χ0v) is 10.1. The lowest BCUT2D eigenvalue weighted by Gasteiger charge is -2.06. The maximum Gasteiger partial charge on any atom is 0.312 e. The van der Waals surface area contributed by atoms with Crippen LogP contribution in [0.3, 0.4) is 0 Å². The fourth-order valence-corrected chi connectivity index (χ4v) is 1.48. The largest absolute Gasteiger partial charge is 0.432 e. The SMILES string of the molecule is N#Cc1ccc(Oc2cccc(NN)n2)c([N+](=O)[O-])c1. The van der Waals surface area contributed by atoms with Gasteiger partial charge in [-0.3, -0.25) is 10.1 Å². The molecule has 0 spiro atoms. The molecule has 0 saturated carbocycles. The van der Waals surface area contributed by atoms with E-state index in [4.69, 9.17) is 15.8 Å². The van der Waals surface area contributed by atoms with Gasteiger partial charge in [-0.15, -0.1) is 0 Å². The highest BCUT2D eigenvalue weighted by Gasteiger charge is 2.17. The number of pyridine rings is 1. The van der Waals surface area contributed by atoms with Crippen molar-refractivity contribution in [1.82, 2.24) is 4.98 Å². The van der Waals surface area contributed by atoms with Crippen LogP contribution in [0.5, 0.6) is 11.6 Å². The lowest BCUT2D eigenvalue weighted by molar-refractivity contribution is -0.385. The van der Waals surface area contributed by atoms with Gasteiger partial charge in [0.05, 0.1) is 16.6 Å². The monoisotopic (exact) mass is 271 g/mol. The Labute approximate surface area is 113 Å². The maximum atomic E-state index is 11.0. The standard InChI is InChI=1S/C12H9N5O3/c13-7-8-4-5-10(9(6-8)17(18)19)20-12-3-1-2-11(15-12)16-14/h1-6H,14H2,(H,15,16). The first-order chi connectivity index (χ1) is 9.63. The number of hydrazine groups is 1. The predicted octanol–water partition coefficient (Wildman–Crippen LogP) is 1.94. The highest BCUT2D eigenvalue weighted by molar-refractivity contribution is 5.53. The number of nitrogens with two attached hydrogens (primary N) is 1. The van der Waals surface area contributed by atoms with Gasteiger partial charge in [-0.25, -0.2) is 5.84 Å². The summed E-state index contributed by atoms with van der Waals surface area (Å²) in [6, 6.07) is 10.5. The summed E-state index contributed by atoms with van der Waals surface area (Å²) in [5.74, 6) is 5.72. The van der Waals surface area contributed by atoms with Gasteiger partial charge in [-0.1, -0.05) is 6.07 Å². The first-order valence-electron chi connectivity index (χ1n) is 5.44. The van der Waals surface area contributed by atoms with E-state index < -0.39 is 4.92 Å². The molecule has 1 heterocycles. The van der Waals surface area contributed by atoms with Crippen molar-refractivity contribution >= 4 is 11.5 Å². The molecule has 0 unspecified atom stereocenters. The zero-order valence-electron chi connectivity index (χ0n) is 10.1. The second-order valence-corrected chi connectivity index (χ2v) is 3.66. The Hall–Kier alpha value is -3.18. The summed E-state index contributed by atoms with van der Waals surface area (Å²) in [6.45, 7) is 0. The third-order valence-corrected chi connectivity index (χ3v) is 2.37. The topological polar surface area (TPSA) is 127 Å². The molecule has 0 aliphatic rings. The van der Waals surface area contributed by atoms with Crippen molar-refractivity contribution < 1.29 is 9.66 Å². The van der Waals surface area contributed by atoms with Gasteiger partial charge < -0.3 is 10.2 Å². The number of nitrogens with one attached hydrogen (secondary N) is 1. The summed E-state index contributed by atoms with van der Waals surface area (Å²) in [7, 11) is 0. The average Bonchev–Trinajstić information content (AvgIpc) is 2.47. The lowest BCUT2D eigenvalue weighted by atomic mass is 10.2. The van der Waals surface area contributed by atoms with Crippen molar-refractivity contribution in [3.63, 3.8) is 0 Å². The number of nitrogens with zero attached hydrogens (tertiary/aromatic N) is 3. The molecule has 0 aliphatic carbocycles. The number of hydrogen-bond donors (Lipinski definition) is 2. The molecule has 3 N–H and O–H groups in total.